The molecule has 4 nitrogen and oxygen atoms in total. The molecule has 3 aliphatic rings. The van der Waals surface area contributed by atoms with E-state index in [0.29, 0.717) is 52.3 Å². The molecule has 0 aromatic heterocycles. The van der Waals surface area contributed by atoms with Crippen molar-refractivity contribution in [3.05, 3.63) is 63.9 Å². The molecule has 0 saturated heterocycles. The van der Waals surface area contributed by atoms with E-state index >= 15 is 0 Å². The summed E-state index contributed by atoms with van der Waals surface area (Å²) < 4.78 is 5.99. The van der Waals surface area contributed by atoms with Crippen LogP contribution in [0.4, 0.5) is 0 Å². The maximum absolute atomic E-state index is 13.3. The van der Waals surface area contributed by atoms with Gasteiger partial charge in [-0.2, -0.15) is 5.26 Å². The number of rotatable bonds is 4. The molecule has 0 atom stereocenters. The van der Waals surface area contributed by atoms with Crippen LogP contribution >= 0.6 is 11.6 Å². The Morgan fingerprint density at radius 3 is 2.35 bits per heavy atom. The molecular formula is C26H26ClNO3. The van der Waals surface area contributed by atoms with E-state index in [1.807, 2.05) is 31.2 Å². The first-order chi connectivity index (χ1) is 15.0. The Morgan fingerprint density at radius 2 is 1.71 bits per heavy atom. The average Bonchev–Trinajstić information content (AvgIpc) is 2.84. The van der Waals surface area contributed by atoms with E-state index in [-0.39, 0.29) is 11.5 Å². The molecule has 5 heteroatoms. The van der Waals surface area contributed by atoms with Crippen molar-refractivity contribution in [2.24, 2.45) is 11.8 Å². The summed E-state index contributed by atoms with van der Waals surface area (Å²) >= 11 is 6.13. The van der Waals surface area contributed by atoms with Crippen LogP contribution in [0.25, 0.3) is 5.57 Å². The maximum Gasteiger partial charge on any atom is 0.167 e. The van der Waals surface area contributed by atoms with Crippen LogP contribution in [0.2, 0.25) is 5.02 Å². The fourth-order valence-electron chi connectivity index (χ4n) is 4.79. The van der Waals surface area contributed by atoms with Gasteiger partial charge in [0.15, 0.2) is 5.78 Å². The van der Waals surface area contributed by atoms with Gasteiger partial charge in [0, 0.05) is 18.9 Å². The van der Waals surface area contributed by atoms with E-state index in [9.17, 15) is 9.90 Å². The number of Topliss-reactive ketones (excluding diaryl/α,β-unsaturated/α-hetero) is 1. The van der Waals surface area contributed by atoms with Crippen molar-refractivity contribution in [3.8, 4) is 17.6 Å². The van der Waals surface area contributed by atoms with E-state index in [4.69, 9.17) is 21.6 Å². The van der Waals surface area contributed by atoms with Crippen molar-refractivity contribution < 1.29 is 14.6 Å². The minimum Gasteiger partial charge on any atom is -0.512 e. The molecular weight excluding hydrogens is 410 g/mol. The lowest BCUT2D eigenvalue weighted by Crippen LogP contribution is -2.15. The average molecular weight is 436 g/mol. The lowest BCUT2D eigenvalue weighted by molar-refractivity contribution is -0.114. The fraction of sp³-hybridized carbons (Fsp3) is 0.385. The molecule has 160 valence electrons. The first-order valence-corrected chi connectivity index (χ1v) is 11.3. The van der Waals surface area contributed by atoms with E-state index in [1.165, 1.54) is 0 Å². The highest BCUT2D eigenvalue weighted by molar-refractivity contribution is 6.31. The summed E-state index contributed by atoms with van der Waals surface area (Å²) in [4.78, 5) is 13.3. The number of hydrogen-bond donors (Lipinski definition) is 1. The number of halogens is 1. The van der Waals surface area contributed by atoms with Gasteiger partial charge < -0.3 is 9.84 Å². The summed E-state index contributed by atoms with van der Waals surface area (Å²) in [5, 5.41) is 20.4. The second kappa shape index (κ2) is 9.16. The summed E-state index contributed by atoms with van der Waals surface area (Å²) in [5.74, 6) is 2.17. The number of aryl methyl sites for hydroxylation is 1. The number of carbonyl (C=O) groups excluding carboxylic acids is 1. The number of hydrogen-bond acceptors (Lipinski definition) is 4. The highest BCUT2D eigenvalue weighted by Crippen LogP contribution is 2.40. The van der Waals surface area contributed by atoms with Gasteiger partial charge in [-0.1, -0.05) is 24.6 Å². The molecule has 0 unspecified atom stereocenters. The van der Waals surface area contributed by atoms with Gasteiger partial charge in [-0.3, -0.25) is 4.79 Å². The first-order valence-electron chi connectivity index (χ1n) is 10.9. The number of carbonyl (C=O) groups is 1. The molecule has 2 aromatic rings. The van der Waals surface area contributed by atoms with Gasteiger partial charge in [-0.15, -0.1) is 0 Å². The van der Waals surface area contributed by atoms with Gasteiger partial charge in [0.25, 0.3) is 0 Å². The van der Waals surface area contributed by atoms with Crippen molar-refractivity contribution in [2.45, 2.75) is 51.9 Å². The van der Waals surface area contributed by atoms with Crippen LogP contribution in [0.5, 0.6) is 11.5 Å². The third-order valence-electron chi connectivity index (χ3n) is 6.52. The van der Waals surface area contributed by atoms with Crippen LogP contribution in [0.15, 0.2) is 42.2 Å². The lowest BCUT2D eigenvalue weighted by atomic mass is 9.79. The Bertz CT molecular complexity index is 1070. The quantitative estimate of drug-likeness (QED) is 0.560. The number of allylic oxidation sites excluding steroid dienone is 2. The van der Waals surface area contributed by atoms with Crippen LogP contribution in [0.3, 0.4) is 0 Å². The number of fused-ring (bicyclic) bond motifs is 5. The molecule has 1 N–H and O–H groups in total. The molecule has 0 heterocycles. The van der Waals surface area contributed by atoms with Crippen LogP contribution in [0, 0.1) is 23.2 Å². The Hall–Kier alpha value is -2.77. The van der Waals surface area contributed by atoms with Crippen LogP contribution in [-0.2, 0) is 11.2 Å². The van der Waals surface area contributed by atoms with E-state index in [2.05, 4.69) is 0 Å². The summed E-state index contributed by atoms with van der Waals surface area (Å²) in [6.07, 6.45) is 6.10. The second-order valence-corrected chi connectivity index (χ2v) is 8.98. The molecule has 2 aromatic carbocycles. The van der Waals surface area contributed by atoms with Crippen molar-refractivity contribution in [3.63, 3.8) is 0 Å². The number of nitriles is 1. The number of ether oxygens (including phenoxy) is 1. The van der Waals surface area contributed by atoms with E-state index in [0.717, 1.165) is 43.2 Å². The minimum absolute atomic E-state index is 0.0262. The molecule has 0 spiro atoms. The lowest BCUT2D eigenvalue weighted by Gasteiger charge is -2.26. The Balaban J connectivity index is 1.72. The Morgan fingerprint density at radius 1 is 1.06 bits per heavy atom. The predicted octanol–water partition coefficient (Wildman–Crippen LogP) is 7.00. The summed E-state index contributed by atoms with van der Waals surface area (Å²) in [6.45, 7) is 2.04. The van der Waals surface area contributed by atoms with Gasteiger partial charge in [0.2, 0.25) is 0 Å². The number of nitrogens with zero attached hydrogens (tertiary/aromatic N) is 1. The minimum atomic E-state index is 0.0262. The van der Waals surface area contributed by atoms with Gasteiger partial charge in [-0.05, 0) is 79.3 Å². The second-order valence-electron chi connectivity index (χ2n) is 8.57. The molecule has 1 saturated carbocycles. The largest absolute Gasteiger partial charge is 0.512 e. The number of aliphatic hydroxyl groups is 1. The van der Waals surface area contributed by atoms with Crippen molar-refractivity contribution in [2.75, 3.05) is 0 Å². The van der Waals surface area contributed by atoms with E-state index < -0.39 is 0 Å². The standard InChI is InChI=1S/C26H26ClNO3/c1-2-18-7-9-20(31-21-10-8-19(15-28)23(27)14-21)13-22(18)26-24(29)11-16-3-4-17(6-5-16)12-25(26)30/h7-10,13-14,16-17,29H,2-6,11-12H2,1H3/b26-24+/t16-,17+. The third-order valence-corrected chi connectivity index (χ3v) is 6.83. The zero-order valence-electron chi connectivity index (χ0n) is 17.7. The van der Waals surface area contributed by atoms with E-state index in [1.54, 1.807) is 18.2 Å². The number of benzene rings is 2. The smallest absolute Gasteiger partial charge is 0.167 e. The molecule has 0 amide bonds. The summed E-state index contributed by atoms with van der Waals surface area (Å²) in [7, 11) is 0. The highest BCUT2D eigenvalue weighted by Gasteiger charge is 2.31. The van der Waals surface area contributed by atoms with Crippen LogP contribution in [-0.4, -0.2) is 10.9 Å². The van der Waals surface area contributed by atoms with Crippen LogP contribution < -0.4 is 4.74 Å². The topological polar surface area (TPSA) is 70.3 Å². The Labute approximate surface area is 188 Å². The first kappa shape index (κ1) is 21.5. The molecule has 1 fully saturated rings. The van der Waals surface area contributed by atoms with Crippen LogP contribution in [0.1, 0.15) is 62.1 Å². The van der Waals surface area contributed by atoms with Gasteiger partial charge in [0.1, 0.15) is 23.3 Å². The van der Waals surface area contributed by atoms with Crippen molar-refractivity contribution >= 4 is 23.0 Å². The molecule has 3 aliphatic carbocycles. The van der Waals surface area contributed by atoms with Gasteiger partial charge in [0.05, 0.1) is 16.2 Å². The molecule has 31 heavy (non-hydrogen) atoms. The monoisotopic (exact) mass is 435 g/mol. The number of ketones is 1. The predicted molar refractivity (Wildman–Crippen MR) is 121 cm³/mol. The third kappa shape index (κ3) is 4.62. The fourth-order valence-corrected chi connectivity index (χ4v) is 5.01. The highest BCUT2D eigenvalue weighted by atomic mass is 35.5. The maximum atomic E-state index is 13.3. The van der Waals surface area contributed by atoms with Gasteiger partial charge in [-0.25, -0.2) is 0 Å². The summed E-state index contributed by atoms with van der Waals surface area (Å²) in [5.41, 5.74) is 2.60. The van der Waals surface area contributed by atoms with Crippen molar-refractivity contribution in [1.29, 1.82) is 5.26 Å². The number of aliphatic hydroxyl groups excluding tert-OH is 1. The normalized spacial score (nSPS) is 23.6. The zero-order valence-corrected chi connectivity index (χ0v) is 18.4. The molecule has 5 rings (SSSR count). The SMILES string of the molecule is CCc1ccc(Oc2ccc(C#N)c(Cl)c2)cc1/C1=C(\O)C[C@H]2CC[C@H](CC2)CC1=O. The molecule has 0 radical (unpaired) electrons. The zero-order chi connectivity index (χ0) is 22.0. The molecule has 2 bridgehead atoms. The summed E-state index contributed by atoms with van der Waals surface area (Å²) in [6, 6.07) is 12.6. The van der Waals surface area contributed by atoms with Gasteiger partial charge >= 0.3 is 0 Å². The van der Waals surface area contributed by atoms with Crippen molar-refractivity contribution in [1.82, 2.24) is 0 Å². The molecule has 0 aliphatic heterocycles. The Kier molecular flexibility index (Phi) is 6.34.